The maximum atomic E-state index is 4.59. The number of aromatic nitrogens is 3. The standard InChI is InChI=1S/C49H34N4/c1-4-12-35(13-5-1)36-19-23-40(24-20-36)52(41-25-21-37(22-26-41)46-18-10-11-32-50-46)42-27-29-48-45(34-42)43-28-30-47-44(31-33-51(47)38-14-6-2-7-15-38)49(43)53(48)39-16-8-3-9-17-39/h1-34H. The Morgan fingerprint density at radius 1 is 0.396 bits per heavy atom. The van der Waals surface area contributed by atoms with Crippen molar-refractivity contribution in [2.75, 3.05) is 4.90 Å². The predicted molar refractivity (Wildman–Crippen MR) is 221 cm³/mol. The molecule has 0 aliphatic rings. The smallest absolute Gasteiger partial charge is 0.0701 e. The van der Waals surface area contributed by atoms with Crippen molar-refractivity contribution in [1.29, 1.82) is 0 Å². The lowest BCUT2D eigenvalue weighted by Crippen LogP contribution is -2.10. The van der Waals surface area contributed by atoms with Crippen molar-refractivity contribution in [2.45, 2.75) is 0 Å². The highest BCUT2D eigenvalue weighted by atomic mass is 15.1. The molecule has 250 valence electrons. The Hall–Kier alpha value is -7.17. The van der Waals surface area contributed by atoms with Crippen molar-refractivity contribution < 1.29 is 0 Å². The highest BCUT2D eigenvalue weighted by Crippen LogP contribution is 2.42. The monoisotopic (exact) mass is 678 g/mol. The van der Waals surface area contributed by atoms with E-state index in [0.29, 0.717) is 0 Å². The number of rotatable bonds is 7. The lowest BCUT2D eigenvalue weighted by Gasteiger charge is -2.26. The van der Waals surface area contributed by atoms with Crippen LogP contribution in [0.2, 0.25) is 0 Å². The number of anilines is 3. The molecule has 0 bridgehead atoms. The van der Waals surface area contributed by atoms with Gasteiger partial charge in [0.1, 0.15) is 0 Å². The molecule has 0 fully saturated rings. The summed E-state index contributed by atoms with van der Waals surface area (Å²) in [6, 6.07) is 69.2. The van der Waals surface area contributed by atoms with E-state index in [-0.39, 0.29) is 0 Å². The lowest BCUT2D eigenvalue weighted by molar-refractivity contribution is 1.13. The summed E-state index contributed by atoms with van der Waals surface area (Å²) >= 11 is 0. The third kappa shape index (κ3) is 5.36. The molecule has 3 aromatic heterocycles. The minimum atomic E-state index is 0.959. The summed E-state index contributed by atoms with van der Waals surface area (Å²) in [5.74, 6) is 0. The molecule has 4 heteroatoms. The van der Waals surface area contributed by atoms with Gasteiger partial charge in [0.25, 0.3) is 0 Å². The quantitative estimate of drug-likeness (QED) is 0.168. The fourth-order valence-corrected chi connectivity index (χ4v) is 7.71. The number of hydrogen-bond donors (Lipinski definition) is 0. The molecule has 3 heterocycles. The van der Waals surface area contributed by atoms with Gasteiger partial charge in [0.15, 0.2) is 0 Å². The van der Waals surface area contributed by atoms with E-state index in [1.807, 2.05) is 18.3 Å². The minimum absolute atomic E-state index is 0.959. The van der Waals surface area contributed by atoms with Gasteiger partial charge in [-0.05, 0) is 102 Å². The molecule has 7 aromatic carbocycles. The van der Waals surface area contributed by atoms with Crippen LogP contribution in [-0.2, 0) is 0 Å². The van der Waals surface area contributed by atoms with Crippen molar-refractivity contribution in [3.63, 3.8) is 0 Å². The van der Waals surface area contributed by atoms with Gasteiger partial charge in [-0.2, -0.15) is 0 Å². The largest absolute Gasteiger partial charge is 0.316 e. The topological polar surface area (TPSA) is 26.0 Å². The fraction of sp³-hybridized carbons (Fsp3) is 0. The summed E-state index contributed by atoms with van der Waals surface area (Å²) in [6.07, 6.45) is 4.03. The zero-order valence-corrected chi connectivity index (χ0v) is 28.9. The molecule has 0 unspecified atom stereocenters. The average molecular weight is 679 g/mol. The van der Waals surface area contributed by atoms with E-state index in [4.69, 9.17) is 0 Å². The van der Waals surface area contributed by atoms with E-state index in [1.54, 1.807) is 0 Å². The van der Waals surface area contributed by atoms with Gasteiger partial charge in [-0.25, -0.2) is 0 Å². The van der Waals surface area contributed by atoms with Gasteiger partial charge < -0.3 is 14.0 Å². The number of benzene rings is 7. The summed E-state index contributed by atoms with van der Waals surface area (Å²) in [7, 11) is 0. The summed E-state index contributed by atoms with van der Waals surface area (Å²) in [6.45, 7) is 0. The third-order valence-corrected chi connectivity index (χ3v) is 10.2. The van der Waals surface area contributed by atoms with Crippen LogP contribution in [0, 0.1) is 0 Å². The molecule has 0 aliphatic carbocycles. The molecule has 0 N–H and O–H groups in total. The fourth-order valence-electron chi connectivity index (χ4n) is 7.71. The highest BCUT2D eigenvalue weighted by Gasteiger charge is 2.20. The Bertz CT molecular complexity index is 2760. The molecular weight excluding hydrogens is 645 g/mol. The van der Waals surface area contributed by atoms with Crippen molar-refractivity contribution in [3.8, 4) is 33.8 Å². The molecular formula is C49H34N4. The van der Waals surface area contributed by atoms with Crippen molar-refractivity contribution >= 4 is 49.8 Å². The van der Waals surface area contributed by atoms with Crippen LogP contribution in [0.4, 0.5) is 17.1 Å². The maximum absolute atomic E-state index is 4.59. The Kier molecular flexibility index (Phi) is 7.43. The molecule has 53 heavy (non-hydrogen) atoms. The van der Waals surface area contributed by atoms with Gasteiger partial charge in [0, 0.05) is 62.6 Å². The van der Waals surface area contributed by atoms with Gasteiger partial charge in [0.05, 0.1) is 22.2 Å². The molecule has 10 rings (SSSR count). The second-order valence-electron chi connectivity index (χ2n) is 13.3. The Labute approximate surface area is 308 Å². The summed E-state index contributed by atoms with van der Waals surface area (Å²) < 4.78 is 4.70. The van der Waals surface area contributed by atoms with Crippen LogP contribution in [0.25, 0.3) is 66.5 Å². The molecule has 0 saturated heterocycles. The summed E-state index contributed by atoms with van der Waals surface area (Å²) in [5, 5.41) is 3.63. The molecule has 0 aliphatic heterocycles. The van der Waals surface area contributed by atoms with Crippen LogP contribution in [-0.4, -0.2) is 14.1 Å². The van der Waals surface area contributed by atoms with Crippen LogP contribution < -0.4 is 4.90 Å². The maximum Gasteiger partial charge on any atom is 0.0701 e. The molecule has 0 spiro atoms. The Morgan fingerprint density at radius 2 is 0.981 bits per heavy atom. The zero-order chi connectivity index (χ0) is 35.1. The number of fused-ring (bicyclic) bond motifs is 5. The summed E-state index contributed by atoms with van der Waals surface area (Å²) in [5.41, 5.74) is 13.5. The van der Waals surface area contributed by atoms with E-state index in [0.717, 1.165) is 39.7 Å². The number of hydrogen-bond acceptors (Lipinski definition) is 2. The molecule has 0 saturated carbocycles. The first kappa shape index (κ1) is 30.6. The molecule has 0 radical (unpaired) electrons. The first-order valence-electron chi connectivity index (χ1n) is 18.0. The van der Waals surface area contributed by atoms with E-state index in [2.05, 4.69) is 207 Å². The normalized spacial score (nSPS) is 11.4. The van der Waals surface area contributed by atoms with Gasteiger partial charge in [-0.15, -0.1) is 0 Å². The van der Waals surface area contributed by atoms with E-state index >= 15 is 0 Å². The van der Waals surface area contributed by atoms with Crippen molar-refractivity contribution in [3.05, 3.63) is 207 Å². The molecule has 10 aromatic rings. The summed E-state index contributed by atoms with van der Waals surface area (Å²) in [4.78, 5) is 6.95. The first-order valence-corrected chi connectivity index (χ1v) is 18.0. The highest BCUT2D eigenvalue weighted by molar-refractivity contribution is 6.19. The third-order valence-electron chi connectivity index (χ3n) is 10.2. The molecule has 4 nitrogen and oxygen atoms in total. The molecule has 0 atom stereocenters. The second kappa shape index (κ2) is 12.9. The lowest BCUT2D eigenvalue weighted by atomic mass is 10.0. The minimum Gasteiger partial charge on any atom is -0.316 e. The Morgan fingerprint density at radius 3 is 1.66 bits per heavy atom. The van der Waals surface area contributed by atoms with Crippen LogP contribution >= 0.6 is 0 Å². The Balaban J connectivity index is 1.17. The average Bonchev–Trinajstić information content (AvgIpc) is 3.82. The predicted octanol–water partition coefficient (Wildman–Crippen LogP) is 12.9. The van der Waals surface area contributed by atoms with Crippen molar-refractivity contribution in [1.82, 2.24) is 14.1 Å². The van der Waals surface area contributed by atoms with Gasteiger partial charge in [-0.1, -0.05) is 103 Å². The van der Waals surface area contributed by atoms with Crippen molar-refractivity contribution in [2.24, 2.45) is 0 Å². The molecule has 0 amide bonds. The van der Waals surface area contributed by atoms with E-state index < -0.39 is 0 Å². The van der Waals surface area contributed by atoms with Gasteiger partial charge in [-0.3, -0.25) is 4.98 Å². The second-order valence-corrected chi connectivity index (χ2v) is 13.3. The van der Waals surface area contributed by atoms with Crippen LogP contribution in [0.3, 0.4) is 0 Å². The van der Waals surface area contributed by atoms with Crippen LogP contribution in [0.1, 0.15) is 0 Å². The zero-order valence-electron chi connectivity index (χ0n) is 28.9. The van der Waals surface area contributed by atoms with E-state index in [1.165, 1.54) is 43.8 Å². The number of para-hydroxylation sites is 2. The van der Waals surface area contributed by atoms with Crippen LogP contribution in [0.15, 0.2) is 207 Å². The van der Waals surface area contributed by atoms with Gasteiger partial charge >= 0.3 is 0 Å². The van der Waals surface area contributed by atoms with Crippen LogP contribution in [0.5, 0.6) is 0 Å². The van der Waals surface area contributed by atoms with Gasteiger partial charge in [0.2, 0.25) is 0 Å². The first-order chi connectivity index (χ1) is 26.3. The number of nitrogens with zero attached hydrogens (tertiary/aromatic N) is 4. The number of pyridine rings is 1. The SMILES string of the molecule is c1ccc(-c2ccc(N(c3ccc(-c4ccccn4)cc3)c3ccc4c(c3)c3ccc5c(ccn5-c5ccccc5)c3n4-c3ccccc3)cc2)cc1. The van der Waals surface area contributed by atoms with E-state index in [9.17, 15) is 0 Å².